The molecule has 31 heavy (non-hydrogen) atoms. The molecule has 2 aliphatic heterocycles. The Hall–Kier alpha value is -3.05. The normalized spacial score (nSPS) is 19.1. The van der Waals surface area contributed by atoms with Crippen LogP contribution in [0.4, 0.5) is 0 Å². The molecule has 2 aliphatic rings. The minimum atomic E-state index is -3.80. The monoisotopic (exact) mass is 445 g/mol. The third-order valence-electron chi connectivity index (χ3n) is 5.51. The Labute approximate surface area is 179 Å². The van der Waals surface area contributed by atoms with Crippen LogP contribution in [0.3, 0.4) is 0 Å². The van der Waals surface area contributed by atoms with Gasteiger partial charge in [-0.15, -0.1) is 0 Å². The van der Waals surface area contributed by atoms with E-state index in [1.54, 1.807) is 22.8 Å². The van der Waals surface area contributed by atoms with Crippen molar-refractivity contribution in [3.63, 3.8) is 0 Å². The lowest BCUT2D eigenvalue weighted by Gasteiger charge is -2.29. The average molecular weight is 446 g/mol. The van der Waals surface area contributed by atoms with Crippen molar-refractivity contribution < 1.29 is 22.8 Å². The number of nitrogens with zero attached hydrogens (tertiary/aromatic N) is 3. The zero-order valence-electron chi connectivity index (χ0n) is 17.2. The van der Waals surface area contributed by atoms with E-state index in [4.69, 9.17) is 0 Å². The van der Waals surface area contributed by atoms with Crippen molar-refractivity contribution in [2.75, 3.05) is 0 Å². The average Bonchev–Trinajstić information content (AvgIpc) is 3.33. The van der Waals surface area contributed by atoms with Crippen molar-refractivity contribution in [1.29, 1.82) is 0 Å². The van der Waals surface area contributed by atoms with E-state index in [-0.39, 0.29) is 42.4 Å². The van der Waals surface area contributed by atoms with Crippen LogP contribution in [0.2, 0.25) is 0 Å². The first-order valence-corrected chi connectivity index (χ1v) is 11.4. The van der Waals surface area contributed by atoms with Gasteiger partial charge in [-0.1, -0.05) is 12.1 Å². The van der Waals surface area contributed by atoms with Crippen molar-refractivity contribution in [2.24, 2.45) is 0 Å². The lowest BCUT2D eigenvalue weighted by Crippen LogP contribution is -2.52. The summed E-state index contributed by atoms with van der Waals surface area (Å²) in [7, 11) is -3.80. The highest BCUT2D eigenvalue weighted by Gasteiger charge is 2.39. The summed E-state index contributed by atoms with van der Waals surface area (Å²) in [5.74, 6) is -1.10. The van der Waals surface area contributed by atoms with Crippen LogP contribution in [0.15, 0.2) is 35.7 Å². The summed E-state index contributed by atoms with van der Waals surface area (Å²) in [6, 6.07) is 4.55. The summed E-state index contributed by atoms with van der Waals surface area (Å²) in [6.07, 6.45) is 3.42. The molecule has 2 aromatic rings. The quantitative estimate of drug-likeness (QED) is 0.630. The molecule has 3 amide bonds. The molecule has 1 fully saturated rings. The molecule has 4 rings (SSSR count). The number of rotatable bonds is 6. The number of nitrogens with one attached hydrogen (secondary N) is 2. The number of sulfonamides is 1. The molecule has 0 bridgehead atoms. The third-order valence-corrected chi connectivity index (χ3v) is 6.79. The van der Waals surface area contributed by atoms with Crippen LogP contribution < -0.4 is 10.0 Å². The van der Waals surface area contributed by atoms with Crippen molar-refractivity contribution >= 4 is 27.7 Å². The van der Waals surface area contributed by atoms with E-state index in [1.807, 2.05) is 13.8 Å². The molecule has 1 saturated heterocycles. The highest BCUT2D eigenvalue weighted by Crippen LogP contribution is 2.28. The van der Waals surface area contributed by atoms with Gasteiger partial charge in [-0.3, -0.25) is 19.7 Å². The first-order valence-electron chi connectivity index (χ1n) is 9.95. The maximum atomic E-state index is 12.9. The number of carbonyl (C=O) groups is 3. The Morgan fingerprint density at radius 3 is 2.71 bits per heavy atom. The predicted molar refractivity (Wildman–Crippen MR) is 109 cm³/mol. The number of benzene rings is 1. The molecule has 0 aliphatic carbocycles. The predicted octanol–water partition coefficient (Wildman–Crippen LogP) is 0.704. The zero-order chi connectivity index (χ0) is 22.3. The van der Waals surface area contributed by atoms with Gasteiger partial charge in [0, 0.05) is 37.3 Å². The summed E-state index contributed by atoms with van der Waals surface area (Å²) in [5, 5.41) is 2.20. The molecular weight excluding hydrogens is 422 g/mol. The van der Waals surface area contributed by atoms with Crippen molar-refractivity contribution in [3.8, 4) is 0 Å². The van der Waals surface area contributed by atoms with Gasteiger partial charge in [-0.05, 0) is 37.5 Å². The molecule has 3 heterocycles. The molecule has 1 unspecified atom stereocenters. The fourth-order valence-corrected chi connectivity index (χ4v) is 4.65. The van der Waals surface area contributed by atoms with Gasteiger partial charge in [-0.2, -0.15) is 0 Å². The number of piperidine rings is 1. The smallest absolute Gasteiger partial charge is 0.259 e. The lowest BCUT2D eigenvalue weighted by atomic mass is 10.0. The molecular formula is C20H23N5O5S. The first-order chi connectivity index (χ1) is 14.7. The van der Waals surface area contributed by atoms with Gasteiger partial charge >= 0.3 is 0 Å². The van der Waals surface area contributed by atoms with E-state index >= 15 is 0 Å². The molecule has 164 valence electrons. The number of imide groups is 1. The van der Waals surface area contributed by atoms with Crippen LogP contribution in [0, 0.1) is 0 Å². The Kier molecular flexibility index (Phi) is 5.40. The van der Waals surface area contributed by atoms with Crippen LogP contribution in [-0.2, 0) is 32.7 Å². The number of hydrogen-bond acceptors (Lipinski definition) is 6. The summed E-state index contributed by atoms with van der Waals surface area (Å²) < 4.78 is 29.3. The van der Waals surface area contributed by atoms with Crippen LogP contribution in [-0.4, -0.2) is 46.6 Å². The second kappa shape index (κ2) is 7.89. The summed E-state index contributed by atoms with van der Waals surface area (Å²) in [5.41, 5.74) is 1.81. The number of imidazole rings is 1. The Morgan fingerprint density at radius 1 is 1.26 bits per heavy atom. The van der Waals surface area contributed by atoms with Crippen molar-refractivity contribution in [1.82, 2.24) is 24.5 Å². The van der Waals surface area contributed by atoms with E-state index in [0.717, 1.165) is 5.56 Å². The van der Waals surface area contributed by atoms with Gasteiger partial charge in [0.15, 0.2) is 5.03 Å². The van der Waals surface area contributed by atoms with Crippen molar-refractivity contribution in [2.45, 2.75) is 56.9 Å². The molecule has 0 saturated carbocycles. The Balaban J connectivity index is 1.46. The second-order valence-corrected chi connectivity index (χ2v) is 9.68. The SMILES string of the molecule is CC(C)n1cnc(S(=O)(=O)NCc2ccc3c(c2)C(=O)N(C2CCC(=O)NC2=O)C3)c1. The van der Waals surface area contributed by atoms with Crippen LogP contribution in [0.5, 0.6) is 0 Å². The molecule has 2 N–H and O–H groups in total. The van der Waals surface area contributed by atoms with Gasteiger partial charge in [0.1, 0.15) is 6.04 Å². The van der Waals surface area contributed by atoms with E-state index in [9.17, 15) is 22.8 Å². The van der Waals surface area contributed by atoms with Gasteiger partial charge in [-0.25, -0.2) is 18.1 Å². The number of hydrogen-bond donors (Lipinski definition) is 2. The molecule has 0 spiro atoms. The lowest BCUT2D eigenvalue weighted by molar-refractivity contribution is -0.136. The van der Waals surface area contributed by atoms with E-state index in [1.165, 1.54) is 17.4 Å². The van der Waals surface area contributed by atoms with Crippen molar-refractivity contribution in [3.05, 3.63) is 47.4 Å². The molecule has 10 nitrogen and oxygen atoms in total. The first kappa shape index (κ1) is 21.2. The molecule has 0 radical (unpaired) electrons. The maximum Gasteiger partial charge on any atom is 0.259 e. The van der Waals surface area contributed by atoms with Crippen LogP contribution >= 0.6 is 0 Å². The number of carbonyl (C=O) groups excluding carboxylic acids is 3. The number of aromatic nitrogens is 2. The minimum Gasteiger partial charge on any atom is -0.334 e. The minimum absolute atomic E-state index is 0.00412. The van der Waals surface area contributed by atoms with Gasteiger partial charge in [0.2, 0.25) is 11.8 Å². The van der Waals surface area contributed by atoms with Gasteiger partial charge in [0.25, 0.3) is 15.9 Å². The highest BCUT2D eigenvalue weighted by molar-refractivity contribution is 7.89. The number of amides is 3. The molecule has 1 aromatic heterocycles. The van der Waals surface area contributed by atoms with Crippen LogP contribution in [0.1, 0.15) is 54.2 Å². The maximum absolute atomic E-state index is 12.9. The fourth-order valence-electron chi connectivity index (χ4n) is 3.70. The highest BCUT2D eigenvalue weighted by atomic mass is 32.2. The standard InChI is InChI=1S/C20H23N5O5S/c1-12(2)24-10-18(21-11-24)31(29,30)22-8-13-3-4-14-9-25(20(28)15(14)7-13)16-5-6-17(26)23-19(16)27/h3-4,7,10-12,16,22H,5-6,8-9H2,1-2H3,(H,23,26,27). The molecule has 1 atom stereocenters. The Morgan fingerprint density at radius 2 is 2.03 bits per heavy atom. The van der Waals surface area contributed by atoms with E-state index in [0.29, 0.717) is 17.5 Å². The van der Waals surface area contributed by atoms with Crippen LogP contribution in [0.25, 0.3) is 0 Å². The summed E-state index contributed by atoms with van der Waals surface area (Å²) in [4.78, 5) is 41.8. The Bertz CT molecular complexity index is 1170. The topological polar surface area (TPSA) is 130 Å². The van der Waals surface area contributed by atoms with E-state index < -0.39 is 22.0 Å². The summed E-state index contributed by atoms with van der Waals surface area (Å²) in [6.45, 7) is 4.12. The van der Waals surface area contributed by atoms with Gasteiger partial charge in [0.05, 0.1) is 6.33 Å². The number of fused-ring (bicyclic) bond motifs is 1. The largest absolute Gasteiger partial charge is 0.334 e. The second-order valence-electron chi connectivity index (χ2n) is 7.97. The molecule has 11 heteroatoms. The van der Waals surface area contributed by atoms with E-state index in [2.05, 4.69) is 15.0 Å². The zero-order valence-corrected chi connectivity index (χ0v) is 18.0. The van der Waals surface area contributed by atoms with Gasteiger partial charge < -0.3 is 9.47 Å². The molecule has 1 aromatic carbocycles. The summed E-state index contributed by atoms with van der Waals surface area (Å²) >= 11 is 0. The third kappa shape index (κ3) is 4.10. The fraction of sp³-hybridized carbons (Fsp3) is 0.400.